The summed E-state index contributed by atoms with van der Waals surface area (Å²) >= 11 is 3.36. The number of ether oxygens (including phenoxy) is 1. The molecule has 0 atom stereocenters. The molecular formula is C12H10BrN3O. The molecule has 3 rings (SSSR count). The molecule has 0 spiro atoms. The van der Waals surface area contributed by atoms with Gasteiger partial charge < -0.3 is 4.74 Å². The van der Waals surface area contributed by atoms with Crippen LogP contribution in [0.5, 0.6) is 11.6 Å². The van der Waals surface area contributed by atoms with Gasteiger partial charge in [0.15, 0.2) is 0 Å². The van der Waals surface area contributed by atoms with Gasteiger partial charge in [-0.15, -0.1) is 0 Å². The van der Waals surface area contributed by atoms with Crippen LogP contribution in [-0.4, -0.2) is 15.0 Å². The van der Waals surface area contributed by atoms with Crippen LogP contribution in [0.25, 0.3) is 0 Å². The molecule has 0 radical (unpaired) electrons. The maximum atomic E-state index is 5.76. The number of aromatic nitrogens is 3. The molecule has 4 nitrogen and oxygen atoms in total. The van der Waals surface area contributed by atoms with E-state index in [1.165, 1.54) is 0 Å². The highest BCUT2D eigenvalue weighted by atomic mass is 79.9. The van der Waals surface area contributed by atoms with Crippen molar-refractivity contribution in [2.45, 2.75) is 19.3 Å². The Kier molecular flexibility index (Phi) is 2.76. The lowest BCUT2D eigenvalue weighted by molar-refractivity contribution is 0.453. The van der Waals surface area contributed by atoms with Gasteiger partial charge in [0, 0.05) is 16.2 Å². The van der Waals surface area contributed by atoms with Crippen LogP contribution in [0.15, 0.2) is 29.3 Å². The lowest BCUT2D eigenvalue weighted by Crippen LogP contribution is -1.96. The van der Waals surface area contributed by atoms with Crippen LogP contribution in [0, 0.1) is 0 Å². The van der Waals surface area contributed by atoms with E-state index in [0.717, 1.165) is 35.0 Å². The first-order valence-electron chi connectivity index (χ1n) is 5.44. The van der Waals surface area contributed by atoms with Crippen molar-refractivity contribution in [2.24, 2.45) is 0 Å². The number of pyridine rings is 1. The lowest BCUT2D eigenvalue weighted by Gasteiger charge is -2.08. The molecule has 1 aliphatic rings. The summed E-state index contributed by atoms with van der Waals surface area (Å²) in [7, 11) is 0. The molecule has 1 aliphatic carbocycles. The number of nitrogens with zero attached hydrogens (tertiary/aromatic N) is 3. The fraction of sp³-hybridized carbons (Fsp3) is 0.250. The number of rotatable bonds is 2. The Balaban J connectivity index is 1.93. The van der Waals surface area contributed by atoms with Crippen molar-refractivity contribution in [3.8, 4) is 11.6 Å². The summed E-state index contributed by atoms with van der Waals surface area (Å²) in [5.74, 6) is 1.35. The summed E-state index contributed by atoms with van der Waals surface area (Å²) in [5.41, 5.74) is 2.24. The molecule has 0 fully saturated rings. The Bertz CT molecular complexity index is 559. The van der Waals surface area contributed by atoms with Crippen molar-refractivity contribution in [3.05, 3.63) is 40.5 Å². The SMILES string of the molecule is Brc1cncc(Oc2ncnc3c2CCC3)c1. The molecule has 0 saturated heterocycles. The second-order valence-corrected chi connectivity index (χ2v) is 4.81. The monoisotopic (exact) mass is 291 g/mol. The molecule has 2 heterocycles. The van der Waals surface area contributed by atoms with Crippen LogP contribution < -0.4 is 4.74 Å². The largest absolute Gasteiger partial charge is 0.437 e. The molecule has 0 aromatic carbocycles. The third-order valence-electron chi connectivity index (χ3n) is 2.73. The van der Waals surface area contributed by atoms with Crippen molar-refractivity contribution >= 4 is 15.9 Å². The smallest absolute Gasteiger partial charge is 0.225 e. The second-order valence-electron chi connectivity index (χ2n) is 3.90. The molecule has 2 aromatic rings. The number of fused-ring (bicyclic) bond motifs is 1. The molecule has 0 bridgehead atoms. The van der Waals surface area contributed by atoms with Gasteiger partial charge in [0.05, 0.1) is 11.9 Å². The zero-order chi connectivity index (χ0) is 11.7. The van der Waals surface area contributed by atoms with Gasteiger partial charge in [0.2, 0.25) is 5.88 Å². The van der Waals surface area contributed by atoms with E-state index in [1.807, 2.05) is 6.07 Å². The van der Waals surface area contributed by atoms with Gasteiger partial charge in [0.1, 0.15) is 12.1 Å². The van der Waals surface area contributed by atoms with E-state index >= 15 is 0 Å². The first-order valence-corrected chi connectivity index (χ1v) is 6.23. The van der Waals surface area contributed by atoms with Crippen LogP contribution in [-0.2, 0) is 12.8 Å². The maximum absolute atomic E-state index is 5.76. The molecule has 0 aliphatic heterocycles. The van der Waals surface area contributed by atoms with Crippen molar-refractivity contribution in [2.75, 3.05) is 0 Å². The summed E-state index contributed by atoms with van der Waals surface area (Å²) < 4.78 is 6.65. The first kappa shape index (κ1) is 10.7. The summed E-state index contributed by atoms with van der Waals surface area (Å²) in [5, 5.41) is 0. The quantitative estimate of drug-likeness (QED) is 0.854. The average Bonchev–Trinajstić information content (AvgIpc) is 2.78. The van der Waals surface area contributed by atoms with E-state index in [0.29, 0.717) is 11.6 Å². The molecule has 2 aromatic heterocycles. The summed E-state index contributed by atoms with van der Waals surface area (Å²) in [6, 6.07) is 1.87. The van der Waals surface area contributed by atoms with Crippen molar-refractivity contribution in [1.29, 1.82) is 0 Å². The second kappa shape index (κ2) is 4.41. The zero-order valence-electron chi connectivity index (χ0n) is 9.06. The van der Waals surface area contributed by atoms with Crippen molar-refractivity contribution in [3.63, 3.8) is 0 Å². The van der Waals surface area contributed by atoms with E-state index in [1.54, 1.807) is 18.7 Å². The molecule has 0 amide bonds. The van der Waals surface area contributed by atoms with E-state index in [-0.39, 0.29) is 0 Å². The number of hydrogen-bond acceptors (Lipinski definition) is 4. The fourth-order valence-electron chi connectivity index (χ4n) is 1.98. The summed E-state index contributed by atoms with van der Waals surface area (Å²) in [4.78, 5) is 12.5. The van der Waals surface area contributed by atoms with Gasteiger partial charge in [-0.25, -0.2) is 9.97 Å². The normalized spacial score (nSPS) is 13.5. The van der Waals surface area contributed by atoms with E-state index in [9.17, 15) is 0 Å². The van der Waals surface area contributed by atoms with Crippen LogP contribution in [0.3, 0.4) is 0 Å². The van der Waals surface area contributed by atoms with Crippen LogP contribution >= 0.6 is 15.9 Å². The minimum absolute atomic E-state index is 0.660. The highest BCUT2D eigenvalue weighted by Crippen LogP contribution is 2.30. The predicted molar refractivity (Wildman–Crippen MR) is 66.1 cm³/mol. The van der Waals surface area contributed by atoms with Crippen molar-refractivity contribution < 1.29 is 4.74 Å². The van der Waals surface area contributed by atoms with Gasteiger partial charge in [-0.3, -0.25) is 4.98 Å². The molecule has 17 heavy (non-hydrogen) atoms. The van der Waals surface area contributed by atoms with Crippen LogP contribution in [0.2, 0.25) is 0 Å². The highest BCUT2D eigenvalue weighted by Gasteiger charge is 2.18. The number of halogens is 1. The predicted octanol–water partition coefficient (Wildman–Crippen LogP) is 2.92. The standard InChI is InChI=1S/C12H10BrN3O/c13-8-4-9(6-14-5-8)17-12-10-2-1-3-11(10)15-7-16-12/h4-7H,1-3H2. The molecule has 5 heteroatoms. The fourth-order valence-corrected chi connectivity index (χ4v) is 2.32. The van der Waals surface area contributed by atoms with Gasteiger partial charge in [0.25, 0.3) is 0 Å². The summed E-state index contributed by atoms with van der Waals surface area (Å²) in [6.07, 6.45) is 8.09. The number of hydrogen-bond donors (Lipinski definition) is 0. The van der Waals surface area contributed by atoms with E-state index in [2.05, 4.69) is 30.9 Å². The first-order chi connectivity index (χ1) is 8.33. The Morgan fingerprint density at radius 3 is 3.00 bits per heavy atom. The number of aryl methyl sites for hydroxylation is 1. The van der Waals surface area contributed by atoms with Gasteiger partial charge >= 0.3 is 0 Å². The summed E-state index contributed by atoms with van der Waals surface area (Å²) in [6.45, 7) is 0. The Morgan fingerprint density at radius 1 is 1.18 bits per heavy atom. The van der Waals surface area contributed by atoms with Crippen LogP contribution in [0.1, 0.15) is 17.7 Å². The Hall–Kier alpha value is -1.49. The highest BCUT2D eigenvalue weighted by molar-refractivity contribution is 9.10. The molecular weight excluding hydrogens is 282 g/mol. The Morgan fingerprint density at radius 2 is 2.12 bits per heavy atom. The third kappa shape index (κ3) is 2.15. The van der Waals surface area contributed by atoms with Crippen LogP contribution in [0.4, 0.5) is 0 Å². The molecule has 0 saturated carbocycles. The minimum Gasteiger partial charge on any atom is -0.437 e. The Labute approximate surface area is 107 Å². The van der Waals surface area contributed by atoms with E-state index < -0.39 is 0 Å². The maximum Gasteiger partial charge on any atom is 0.225 e. The third-order valence-corrected chi connectivity index (χ3v) is 3.16. The van der Waals surface area contributed by atoms with Gasteiger partial charge in [-0.05, 0) is 41.3 Å². The van der Waals surface area contributed by atoms with Gasteiger partial charge in [-0.2, -0.15) is 0 Å². The average molecular weight is 292 g/mol. The van der Waals surface area contributed by atoms with Crippen molar-refractivity contribution in [1.82, 2.24) is 15.0 Å². The molecule has 0 N–H and O–H groups in total. The lowest BCUT2D eigenvalue weighted by atomic mass is 10.2. The topological polar surface area (TPSA) is 47.9 Å². The zero-order valence-corrected chi connectivity index (χ0v) is 10.6. The molecule has 0 unspecified atom stereocenters. The van der Waals surface area contributed by atoms with E-state index in [4.69, 9.17) is 4.74 Å². The molecule has 86 valence electrons. The minimum atomic E-state index is 0.660. The van der Waals surface area contributed by atoms with Gasteiger partial charge in [-0.1, -0.05) is 0 Å².